The van der Waals surface area contributed by atoms with Crippen molar-refractivity contribution < 1.29 is 13.6 Å². The van der Waals surface area contributed by atoms with E-state index in [1.807, 2.05) is 23.6 Å². The summed E-state index contributed by atoms with van der Waals surface area (Å²) < 4.78 is 29.1. The molecule has 0 saturated carbocycles. The summed E-state index contributed by atoms with van der Waals surface area (Å²) in [5.41, 5.74) is 1.90. The highest BCUT2D eigenvalue weighted by Crippen LogP contribution is 2.20. The number of imidazole rings is 1. The predicted octanol–water partition coefficient (Wildman–Crippen LogP) is 4.38. The minimum absolute atomic E-state index is 0.132. The number of hydrogen-bond acceptors (Lipinski definition) is 2. The second-order valence-electron chi connectivity index (χ2n) is 6.48. The molecule has 27 heavy (non-hydrogen) atoms. The minimum Gasteiger partial charge on any atom is -0.326 e. The molecule has 0 aliphatic rings. The molecule has 0 saturated heterocycles. The summed E-state index contributed by atoms with van der Waals surface area (Å²) in [6, 6.07) is 11.2. The Kier molecular flexibility index (Phi) is 6.16. The highest BCUT2D eigenvalue weighted by Gasteiger charge is 2.14. The van der Waals surface area contributed by atoms with Gasteiger partial charge in [-0.2, -0.15) is 0 Å². The number of hydrogen-bond donors (Lipinski definition) is 0. The lowest BCUT2D eigenvalue weighted by molar-refractivity contribution is -0.121. The SMILES string of the molecule is CCCn1c(C[N]C(=O)CCCc2cccc(F)c2)nc2c(F)cccc21. The Morgan fingerprint density at radius 2 is 2.00 bits per heavy atom. The number of nitrogens with zero attached hydrogens (tertiary/aromatic N) is 3. The molecule has 3 aromatic rings. The number of amides is 1. The molecule has 0 atom stereocenters. The average Bonchev–Trinajstić information content (AvgIpc) is 3.00. The Morgan fingerprint density at radius 3 is 2.78 bits per heavy atom. The number of para-hydroxylation sites is 1. The summed E-state index contributed by atoms with van der Waals surface area (Å²) >= 11 is 0. The fraction of sp³-hybridized carbons (Fsp3) is 0.333. The fourth-order valence-corrected chi connectivity index (χ4v) is 3.13. The maximum Gasteiger partial charge on any atom is 0.241 e. The van der Waals surface area contributed by atoms with E-state index in [2.05, 4.69) is 10.3 Å². The van der Waals surface area contributed by atoms with Crippen LogP contribution in [-0.4, -0.2) is 15.5 Å². The van der Waals surface area contributed by atoms with Gasteiger partial charge in [-0.25, -0.2) is 19.1 Å². The van der Waals surface area contributed by atoms with E-state index in [0.29, 0.717) is 37.1 Å². The molecule has 0 N–H and O–H groups in total. The molecule has 3 rings (SSSR count). The van der Waals surface area contributed by atoms with Gasteiger partial charge in [0.05, 0.1) is 5.52 Å². The smallest absolute Gasteiger partial charge is 0.241 e. The first kappa shape index (κ1) is 19.0. The maximum absolute atomic E-state index is 14.0. The van der Waals surface area contributed by atoms with Crippen molar-refractivity contribution in [3.05, 3.63) is 65.5 Å². The third-order valence-electron chi connectivity index (χ3n) is 4.40. The Balaban J connectivity index is 1.58. The number of carbonyl (C=O) groups is 1. The largest absolute Gasteiger partial charge is 0.326 e. The van der Waals surface area contributed by atoms with Gasteiger partial charge in [-0.05, 0) is 49.1 Å². The van der Waals surface area contributed by atoms with Crippen LogP contribution >= 0.6 is 0 Å². The molecular formula is C21H22F2N3O. The third-order valence-corrected chi connectivity index (χ3v) is 4.40. The van der Waals surface area contributed by atoms with E-state index < -0.39 is 0 Å². The molecule has 0 unspecified atom stereocenters. The standard InChI is InChI=1S/C21H22F2N3O/c1-2-12-26-18-10-5-9-17(23)21(18)25-19(26)14-24-20(27)11-4-7-15-6-3-8-16(22)13-15/h3,5-6,8-10,13H,2,4,7,11-12,14H2,1H3. The van der Waals surface area contributed by atoms with Crippen molar-refractivity contribution in [2.24, 2.45) is 0 Å². The molecule has 2 aromatic carbocycles. The van der Waals surface area contributed by atoms with Gasteiger partial charge in [0.15, 0.2) is 5.82 Å². The van der Waals surface area contributed by atoms with Gasteiger partial charge >= 0.3 is 0 Å². The van der Waals surface area contributed by atoms with Crippen LogP contribution in [0.2, 0.25) is 0 Å². The Morgan fingerprint density at radius 1 is 1.19 bits per heavy atom. The highest BCUT2D eigenvalue weighted by atomic mass is 19.1. The van der Waals surface area contributed by atoms with E-state index in [4.69, 9.17) is 0 Å². The topological polar surface area (TPSA) is 49.0 Å². The zero-order valence-electron chi connectivity index (χ0n) is 15.3. The molecule has 0 fully saturated rings. The number of aromatic nitrogens is 2. The van der Waals surface area contributed by atoms with Crippen LogP contribution < -0.4 is 5.32 Å². The van der Waals surface area contributed by atoms with Gasteiger partial charge in [-0.3, -0.25) is 4.79 Å². The Bertz CT molecular complexity index is 936. The van der Waals surface area contributed by atoms with Crippen LogP contribution in [0.1, 0.15) is 37.6 Å². The second-order valence-corrected chi connectivity index (χ2v) is 6.48. The van der Waals surface area contributed by atoms with Crippen molar-refractivity contribution in [3.8, 4) is 0 Å². The molecule has 1 aromatic heterocycles. The van der Waals surface area contributed by atoms with E-state index in [9.17, 15) is 13.6 Å². The average molecular weight is 370 g/mol. The van der Waals surface area contributed by atoms with Crippen LogP contribution in [0.25, 0.3) is 11.0 Å². The fourth-order valence-electron chi connectivity index (χ4n) is 3.13. The molecule has 6 heteroatoms. The van der Waals surface area contributed by atoms with Gasteiger partial charge in [-0.1, -0.05) is 25.1 Å². The van der Waals surface area contributed by atoms with Crippen LogP contribution in [0.15, 0.2) is 42.5 Å². The van der Waals surface area contributed by atoms with Crippen LogP contribution in [0.4, 0.5) is 8.78 Å². The lowest BCUT2D eigenvalue weighted by atomic mass is 10.1. The molecule has 4 nitrogen and oxygen atoms in total. The molecule has 0 aliphatic carbocycles. The van der Waals surface area contributed by atoms with Crippen LogP contribution in [0.5, 0.6) is 0 Å². The molecule has 1 amide bonds. The monoisotopic (exact) mass is 370 g/mol. The lowest BCUT2D eigenvalue weighted by Gasteiger charge is -2.07. The quantitative estimate of drug-likeness (QED) is 0.591. The van der Waals surface area contributed by atoms with E-state index in [1.165, 1.54) is 18.2 Å². The van der Waals surface area contributed by atoms with Crippen molar-refractivity contribution in [1.29, 1.82) is 0 Å². The molecule has 1 heterocycles. The van der Waals surface area contributed by atoms with Gasteiger partial charge in [0.25, 0.3) is 0 Å². The molecular weight excluding hydrogens is 348 g/mol. The van der Waals surface area contributed by atoms with Gasteiger partial charge < -0.3 is 4.57 Å². The zero-order valence-corrected chi connectivity index (χ0v) is 15.3. The minimum atomic E-state index is -0.370. The number of aryl methyl sites for hydroxylation is 2. The normalized spacial score (nSPS) is 11.1. The second kappa shape index (κ2) is 8.75. The summed E-state index contributed by atoms with van der Waals surface area (Å²) in [6.45, 7) is 2.86. The van der Waals surface area contributed by atoms with E-state index >= 15 is 0 Å². The molecule has 0 bridgehead atoms. The zero-order chi connectivity index (χ0) is 19.2. The summed E-state index contributed by atoms with van der Waals surface area (Å²) in [4.78, 5) is 16.4. The van der Waals surface area contributed by atoms with Crippen molar-refractivity contribution in [2.75, 3.05) is 0 Å². The first-order valence-corrected chi connectivity index (χ1v) is 9.17. The van der Waals surface area contributed by atoms with Crippen molar-refractivity contribution in [3.63, 3.8) is 0 Å². The number of benzene rings is 2. The molecule has 0 aliphatic heterocycles. The van der Waals surface area contributed by atoms with Crippen LogP contribution in [0, 0.1) is 11.6 Å². The van der Waals surface area contributed by atoms with E-state index in [1.54, 1.807) is 12.1 Å². The van der Waals surface area contributed by atoms with Crippen molar-refractivity contribution in [1.82, 2.24) is 14.9 Å². The van der Waals surface area contributed by atoms with E-state index in [-0.39, 0.29) is 24.1 Å². The Hall–Kier alpha value is -2.76. The van der Waals surface area contributed by atoms with E-state index in [0.717, 1.165) is 17.5 Å². The van der Waals surface area contributed by atoms with Crippen molar-refractivity contribution >= 4 is 16.9 Å². The van der Waals surface area contributed by atoms with Gasteiger partial charge in [0.2, 0.25) is 5.91 Å². The first-order chi connectivity index (χ1) is 13.1. The first-order valence-electron chi connectivity index (χ1n) is 9.17. The summed E-state index contributed by atoms with van der Waals surface area (Å²) in [5.74, 6) is -0.270. The number of fused-ring (bicyclic) bond motifs is 1. The van der Waals surface area contributed by atoms with Gasteiger partial charge in [0.1, 0.15) is 23.7 Å². The summed E-state index contributed by atoms with van der Waals surface area (Å²) in [7, 11) is 0. The lowest BCUT2D eigenvalue weighted by Crippen LogP contribution is -2.18. The van der Waals surface area contributed by atoms with Gasteiger partial charge in [0, 0.05) is 13.0 Å². The van der Waals surface area contributed by atoms with Crippen molar-refractivity contribution in [2.45, 2.75) is 45.7 Å². The van der Waals surface area contributed by atoms with Crippen LogP contribution in [-0.2, 0) is 24.3 Å². The Labute approximate surface area is 157 Å². The summed E-state index contributed by atoms with van der Waals surface area (Å²) in [6.07, 6.45) is 2.39. The third kappa shape index (κ3) is 4.70. The maximum atomic E-state index is 14.0. The summed E-state index contributed by atoms with van der Waals surface area (Å²) in [5, 5.41) is 4.09. The number of halogens is 2. The van der Waals surface area contributed by atoms with Crippen LogP contribution in [0.3, 0.4) is 0 Å². The number of carbonyl (C=O) groups excluding carboxylic acids is 1. The highest BCUT2D eigenvalue weighted by molar-refractivity contribution is 5.77. The molecule has 1 radical (unpaired) electrons. The number of rotatable bonds is 8. The predicted molar refractivity (Wildman–Crippen MR) is 100 cm³/mol. The molecule has 141 valence electrons. The van der Waals surface area contributed by atoms with Gasteiger partial charge in [-0.15, -0.1) is 0 Å². The molecule has 0 spiro atoms.